The predicted octanol–water partition coefficient (Wildman–Crippen LogP) is -1.09. The minimum atomic E-state index is 0.0347. The Balaban J connectivity index is 2.50. The largest absolute Gasteiger partial charge is 0.396 e. The van der Waals surface area contributed by atoms with Gasteiger partial charge in [-0.05, 0) is 0 Å². The third kappa shape index (κ3) is 0.619. The predicted molar refractivity (Wildman–Crippen MR) is 27.8 cm³/mol. The van der Waals surface area contributed by atoms with Crippen molar-refractivity contribution >= 4 is 5.94 Å². The first-order chi connectivity index (χ1) is 3.88. The van der Waals surface area contributed by atoms with Crippen LogP contribution in [0.5, 0.6) is 0 Å². The number of nitrogens with one attached hydrogen (secondary N) is 1. The zero-order chi connectivity index (χ0) is 5.98. The molecule has 1 atom stereocenters. The fourth-order valence-corrected chi connectivity index (χ4v) is 0.624. The molecule has 0 aromatic rings. The normalized spacial score (nSPS) is 25.6. The van der Waals surface area contributed by atoms with Crippen molar-refractivity contribution in [1.29, 1.82) is 0 Å². The summed E-state index contributed by atoms with van der Waals surface area (Å²) in [6.07, 6.45) is 0. The lowest BCUT2D eigenvalue weighted by molar-refractivity contribution is 0.214. The second kappa shape index (κ2) is 1.99. The van der Waals surface area contributed by atoms with Gasteiger partial charge in [0.25, 0.3) is 0 Å². The van der Waals surface area contributed by atoms with E-state index in [-0.39, 0.29) is 12.5 Å². The van der Waals surface area contributed by atoms with E-state index >= 15 is 0 Å². The van der Waals surface area contributed by atoms with Crippen LogP contribution in [0, 0.1) is 5.92 Å². The van der Waals surface area contributed by atoms with Gasteiger partial charge in [0, 0.05) is 6.54 Å². The molecule has 1 heterocycles. The first kappa shape index (κ1) is 5.35. The zero-order valence-corrected chi connectivity index (χ0v) is 4.35. The van der Waals surface area contributed by atoms with E-state index in [4.69, 9.17) is 5.11 Å². The number of rotatable bonds is 1. The van der Waals surface area contributed by atoms with Gasteiger partial charge in [-0.3, -0.25) is 0 Å². The van der Waals surface area contributed by atoms with Crippen LogP contribution in [0.2, 0.25) is 0 Å². The van der Waals surface area contributed by atoms with Crippen LogP contribution in [0.25, 0.3) is 0 Å². The topological polar surface area (TPSA) is 49.3 Å². The van der Waals surface area contributed by atoms with Crippen molar-refractivity contribution in [2.24, 2.45) is 5.92 Å². The minimum absolute atomic E-state index is 0.0347. The molecule has 0 aromatic heterocycles. The molecule has 2 N–H and O–H groups in total. The summed E-state index contributed by atoms with van der Waals surface area (Å²) < 4.78 is 0. The molecule has 1 rings (SSSR count). The van der Waals surface area contributed by atoms with Gasteiger partial charge in [0.2, 0.25) is 0 Å². The second-order valence-electron chi connectivity index (χ2n) is 1.78. The summed E-state index contributed by atoms with van der Waals surface area (Å²) in [6.45, 7) is 0.763. The van der Waals surface area contributed by atoms with Crippen LogP contribution in [0.15, 0.2) is 5.70 Å². The van der Waals surface area contributed by atoms with Crippen molar-refractivity contribution in [3.63, 3.8) is 0 Å². The molecule has 0 aromatic carbocycles. The van der Waals surface area contributed by atoms with Gasteiger partial charge in [0.1, 0.15) is 11.6 Å². The fourth-order valence-electron chi connectivity index (χ4n) is 0.624. The molecule has 1 saturated heterocycles. The molecular weight excluding hydrogens is 106 g/mol. The van der Waals surface area contributed by atoms with Gasteiger partial charge in [-0.15, -0.1) is 0 Å². The Kier molecular flexibility index (Phi) is 1.33. The van der Waals surface area contributed by atoms with E-state index in [2.05, 4.69) is 5.32 Å². The highest BCUT2D eigenvalue weighted by Crippen LogP contribution is 2.11. The van der Waals surface area contributed by atoms with Crippen LogP contribution in [-0.2, 0) is 4.79 Å². The summed E-state index contributed by atoms with van der Waals surface area (Å²) in [4.78, 5) is 9.82. The van der Waals surface area contributed by atoms with Crippen molar-refractivity contribution in [3.05, 3.63) is 5.70 Å². The van der Waals surface area contributed by atoms with Gasteiger partial charge < -0.3 is 10.4 Å². The van der Waals surface area contributed by atoms with Crippen molar-refractivity contribution < 1.29 is 9.90 Å². The minimum Gasteiger partial charge on any atom is -0.396 e. The van der Waals surface area contributed by atoms with Crippen molar-refractivity contribution in [2.75, 3.05) is 13.2 Å². The van der Waals surface area contributed by atoms with Crippen LogP contribution in [0.4, 0.5) is 0 Å². The molecule has 1 unspecified atom stereocenters. The summed E-state index contributed by atoms with van der Waals surface area (Å²) in [5.41, 5.74) is 0.507. The SMILES string of the molecule is O=C=C1NCC1CO. The number of hydrogen-bond donors (Lipinski definition) is 2. The molecule has 0 bridgehead atoms. The van der Waals surface area contributed by atoms with Crippen LogP contribution < -0.4 is 5.32 Å². The molecule has 0 spiro atoms. The second-order valence-corrected chi connectivity index (χ2v) is 1.78. The highest BCUT2D eigenvalue weighted by molar-refractivity contribution is 5.54. The van der Waals surface area contributed by atoms with E-state index in [0.717, 1.165) is 0 Å². The third-order valence-electron chi connectivity index (χ3n) is 1.28. The monoisotopic (exact) mass is 113 g/mol. The maximum Gasteiger partial charge on any atom is 0.145 e. The number of carbonyl (C=O) groups excluding carboxylic acids is 1. The molecule has 1 fully saturated rings. The molecule has 44 valence electrons. The van der Waals surface area contributed by atoms with Crippen LogP contribution in [0.3, 0.4) is 0 Å². The van der Waals surface area contributed by atoms with Gasteiger partial charge >= 0.3 is 0 Å². The Morgan fingerprint density at radius 1 is 2.00 bits per heavy atom. The lowest BCUT2D eigenvalue weighted by Gasteiger charge is -2.26. The standard InChI is InChI=1S/C5H7NO2/c7-2-4-1-6-5(4)3-8/h4,6-7H,1-2H2. The molecule has 0 amide bonds. The maximum absolute atomic E-state index is 9.82. The smallest absolute Gasteiger partial charge is 0.145 e. The van der Waals surface area contributed by atoms with Gasteiger partial charge in [0.15, 0.2) is 0 Å². The summed E-state index contributed by atoms with van der Waals surface area (Å²) in [5.74, 6) is 1.73. The lowest BCUT2D eigenvalue weighted by atomic mass is 10.0. The lowest BCUT2D eigenvalue weighted by Crippen LogP contribution is -2.41. The van der Waals surface area contributed by atoms with E-state index in [0.29, 0.717) is 12.2 Å². The van der Waals surface area contributed by atoms with Crippen LogP contribution in [-0.4, -0.2) is 24.2 Å². The Labute approximate surface area is 47.0 Å². The van der Waals surface area contributed by atoms with Gasteiger partial charge in [-0.1, -0.05) is 0 Å². The molecule has 3 heteroatoms. The molecule has 1 aliphatic heterocycles. The summed E-state index contributed by atoms with van der Waals surface area (Å²) in [6, 6.07) is 0. The molecule has 0 radical (unpaired) electrons. The summed E-state index contributed by atoms with van der Waals surface area (Å²) in [7, 11) is 0. The Hall–Kier alpha value is -0.790. The van der Waals surface area contributed by atoms with E-state index in [1.807, 2.05) is 0 Å². The van der Waals surface area contributed by atoms with Gasteiger partial charge in [-0.25, -0.2) is 4.79 Å². The highest BCUT2D eigenvalue weighted by Gasteiger charge is 2.23. The molecule has 1 aliphatic rings. The van der Waals surface area contributed by atoms with E-state index < -0.39 is 0 Å². The fraction of sp³-hybridized carbons (Fsp3) is 0.600. The molecule has 0 aliphatic carbocycles. The molecular formula is C5H7NO2. The Morgan fingerprint density at radius 3 is 2.88 bits per heavy atom. The zero-order valence-electron chi connectivity index (χ0n) is 4.35. The molecule has 0 saturated carbocycles. The number of hydrogen-bond acceptors (Lipinski definition) is 3. The molecule has 8 heavy (non-hydrogen) atoms. The number of aliphatic hydroxyl groups excluding tert-OH is 1. The summed E-state index contributed by atoms with van der Waals surface area (Å²) >= 11 is 0. The van der Waals surface area contributed by atoms with E-state index in [1.54, 1.807) is 5.94 Å². The average molecular weight is 113 g/mol. The van der Waals surface area contributed by atoms with E-state index in [1.165, 1.54) is 0 Å². The first-order valence-electron chi connectivity index (χ1n) is 2.48. The third-order valence-corrected chi connectivity index (χ3v) is 1.28. The average Bonchev–Trinajstić information content (AvgIpc) is 1.66. The van der Waals surface area contributed by atoms with Crippen molar-refractivity contribution in [2.45, 2.75) is 0 Å². The van der Waals surface area contributed by atoms with Crippen molar-refractivity contribution in [1.82, 2.24) is 5.32 Å². The Bertz CT molecular complexity index is 135. The summed E-state index contributed by atoms with van der Waals surface area (Å²) in [5, 5.41) is 11.2. The quantitative estimate of drug-likeness (QED) is 0.425. The van der Waals surface area contributed by atoms with Crippen molar-refractivity contribution in [3.8, 4) is 0 Å². The van der Waals surface area contributed by atoms with Crippen LogP contribution >= 0.6 is 0 Å². The highest BCUT2D eigenvalue weighted by atomic mass is 16.3. The first-order valence-corrected chi connectivity index (χ1v) is 2.48. The number of aliphatic hydroxyl groups is 1. The Morgan fingerprint density at radius 2 is 2.75 bits per heavy atom. The van der Waals surface area contributed by atoms with Crippen LogP contribution in [0.1, 0.15) is 0 Å². The maximum atomic E-state index is 9.82. The van der Waals surface area contributed by atoms with E-state index in [9.17, 15) is 4.79 Å². The molecule has 3 nitrogen and oxygen atoms in total. The van der Waals surface area contributed by atoms with Gasteiger partial charge in [0.05, 0.1) is 12.5 Å². The van der Waals surface area contributed by atoms with Gasteiger partial charge in [-0.2, -0.15) is 0 Å².